The standard InChI is InChI=1S/C24H26N2O5/c1-18(30-23-6-4-5-15-25-23)31-24(27)26(16-19-7-11-21(28-2)12-8-19)17-20-9-13-22(29-3)14-10-20/h4-15,18H,16-17H2,1-3H3. The van der Waals surface area contributed by atoms with Crippen molar-refractivity contribution in [2.24, 2.45) is 0 Å². The Labute approximate surface area is 182 Å². The smallest absolute Gasteiger partial charge is 0.413 e. The molecule has 1 atom stereocenters. The van der Waals surface area contributed by atoms with Crippen molar-refractivity contribution >= 4 is 6.09 Å². The third-order valence-corrected chi connectivity index (χ3v) is 4.51. The number of pyridine rings is 1. The lowest BCUT2D eigenvalue weighted by Gasteiger charge is -2.24. The average molecular weight is 422 g/mol. The van der Waals surface area contributed by atoms with Gasteiger partial charge in [-0.3, -0.25) is 4.90 Å². The van der Waals surface area contributed by atoms with E-state index >= 15 is 0 Å². The quantitative estimate of drug-likeness (QED) is 0.467. The molecule has 3 aromatic rings. The number of nitrogens with zero attached hydrogens (tertiary/aromatic N) is 2. The molecular formula is C24H26N2O5. The molecule has 0 saturated carbocycles. The minimum atomic E-state index is -0.795. The van der Waals surface area contributed by atoms with Crippen LogP contribution >= 0.6 is 0 Å². The van der Waals surface area contributed by atoms with Gasteiger partial charge in [-0.2, -0.15) is 0 Å². The van der Waals surface area contributed by atoms with Crippen LogP contribution in [0.4, 0.5) is 4.79 Å². The highest BCUT2D eigenvalue weighted by Crippen LogP contribution is 2.18. The first-order valence-electron chi connectivity index (χ1n) is 9.86. The summed E-state index contributed by atoms with van der Waals surface area (Å²) in [4.78, 5) is 18.7. The molecule has 0 aliphatic carbocycles. The van der Waals surface area contributed by atoms with Crippen LogP contribution < -0.4 is 14.2 Å². The van der Waals surface area contributed by atoms with Gasteiger partial charge in [0.1, 0.15) is 11.5 Å². The number of carbonyl (C=O) groups excluding carboxylic acids is 1. The van der Waals surface area contributed by atoms with Crippen LogP contribution in [0.3, 0.4) is 0 Å². The fraction of sp³-hybridized carbons (Fsp3) is 0.250. The number of benzene rings is 2. The van der Waals surface area contributed by atoms with Gasteiger partial charge in [0, 0.05) is 32.3 Å². The van der Waals surface area contributed by atoms with Gasteiger partial charge in [-0.25, -0.2) is 9.78 Å². The Morgan fingerprint density at radius 2 is 1.42 bits per heavy atom. The SMILES string of the molecule is COc1ccc(CN(Cc2ccc(OC)cc2)C(=O)OC(C)Oc2ccccn2)cc1. The predicted molar refractivity (Wildman–Crippen MR) is 116 cm³/mol. The average Bonchev–Trinajstić information content (AvgIpc) is 2.80. The van der Waals surface area contributed by atoms with E-state index in [9.17, 15) is 4.79 Å². The molecule has 2 aromatic carbocycles. The largest absolute Gasteiger partial charge is 0.497 e. The van der Waals surface area contributed by atoms with Crippen molar-refractivity contribution in [2.45, 2.75) is 26.3 Å². The summed E-state index contributed by atoms with van der Waals surface area (Å²) in [6, 6.07) is 20.4. The van der Waals surface area contributed by atoms with Crippen LogP contribution in [0.5, 0.6) is 17.4 Å². The van der Waals surface area contributed by atoms with Crippen LogP contribution in [-0.4, -0.2) is 36.5 Å². The molecule has 0 saturated heterocycles. The molecule has 1 aromatic heterocycles. The highest BCUT2D eigenvalue weighted by Gasteiger charge is 2.20. The van der Waals surface area contributed by atoms with Crippen molar-refractivity contribution in [3.8, 4) is 17.4 Å². The topological polar surface area (TPSA) is 70.1 Å². The summed E-state index contributed by atoms with van der Waals surface area (Å²) in [5.41, 5.74) is 1.90. The third-order valence-electron chi connectivity index (χ3n) is 4.51. The second kappa shape index (κ2) is 10.9. The van der Waals surface area contributed by atoms with Gasteiger partial charge >= 0.3 is 6.09 Å². The maximum atomic E-state index is 13.0. The van der Waals surface area contributed by atoms with E-state index in [1.807, 2.05) is 48.5 Å². The lowest BCUT2D eigenvalue weighted by atomic mass is 10.1. The van der Waals surface area contributed by atoms with E-state index in [1.54, 1.807) is 50.4 Å². The van der Waals surface area contributed by atoms with E-state index in [0.717, 1.165) is 22.6 Å². The molecule has 31 heavy (non-hydrogen) atoms. The maximum Gasteiger partial charge on any atom is 0.413 e. The second-order valence-corrected chi connectivity index (χ2v) is 6.79. The maximum absolute atomic E-state index is 13.0. The van der Waals surface area contributed by atoms with E-state index in [0.29, 0.717) is 19.0 Å². The molecule has 0 spiro atoms. The molecule has 3 rings (SSSR count). The van der Waals surface area contributed by atoms with Gasteiger partial charge in [0.25, 0.3) is 0 Å². The minimum absolute atomic E-state index is 0.366. The Morgan fingerprint density at radius 1 is 0.871 bits per heavy atom. The number of ether oxygens (including phenoxy) is 4. The van der Waals surface area contributed by atoms with Crippen LogP contribution in [0.2, 0.25) is 0 Å². The Hall–Kier alpha value is -3.74. The molecule has 0 aliphatic heterocycles. The van der Waals surface area contributed by atoms with Gasteiger partial charge < -0.3 is 18.9 Å². The van der Waals surface area contributed by atoms with Gasteiger partial charge in [-0.05, 0) is 41.5 Å². The Bertz CT molecular complexity index is 896. The van der Waals surface area contributed by atoms with Gasteiger partial charge in [0.2, 0.25) is 12.2 Å². The number of amides is 1. The lowest BCUT2D eigenvalue weighted by Crippen LogP contribution is -2.34. The van der Waals surface area contributed by atoms with Crippen molar-refractivity contribution in [3.05, 3.63) is 84.1 Å². The van der Waals surface area contributed by atoms with Crippen molar-refractivity contribution in [3.63, 3.8) is 0 Å². The molecule has 1 unspecified atom stereocenters. The first-order valence-corrected chi connectivity index (χ1v) is 9.86. The van der Waals surface area contributed by atoms with Crippen molar-refractivity contribution < 1.29 is 23.7 Å². The fourth-order valence-corrected chi connectivity index (χ4v) is 2.92. The van der Waals surface area contributed by atoms with Gasteiger partial charge in [-0.1, -0.05) is 30.3 Å². The first kappa shape index (κ1) is 22.0. The zero-order valence-corrected chi connectivity index (χ0v) is 17.9. The molecule has 0 radical (unpaired) electrons. The van der Waals surface area contributed by atoms with E-state index in [4.69, 9.17) is 18.9 Å². The molecule has 0 N–H and O–H groups in total. The molecular weight excluding hydrogens is 396 g/mol. The van der Waals surface area contributed by atoms with E-state index in [-0.39, 0.29) is 0 Å². The summed E-state index contributed by atoms with van der Waals surface area (Å²) in [5, 5.41) is 0. The summed E-state index contributed by atoms with van der Waals surface area (Å²) in [5.74, 6) is 1.90. The zero-order valence-electron chi connectivity index (χ0n) is 17.9. The molecule has 0 fully saturated rings. The van der Waals surface area contributed by atoms with Gasteiger partial charge in [0.05, 0.1) is 14.2 Å². The number of rotatable bonds is 9. The fourth-order valence-electron chi connectivity index (χ4n) is 2.92. The third kappa shape index (κ3) is 6.64. The lowest BCUT2D eigenvalue weighted by molar-refractivity contribution is -0.0376. The zero-order chi connectivity index (χ0) is 22.1. The second-order valence-electron chi connectivity index (χ2n) is 6.79. The molecule has 7 heteroatoms. The van der Waals surface area contributed by atoms with Gasteiger partial charge in [0.15, 0.2) is 0 Å². The molecule has 0 bridgehead atoms. The highest BCUT2D eigenvalue weighted by atomic mass is 16.7. The van der Waals surface area contributed by atoms with Crippen LogP contribution in [-0.2, 0) is 17.8 Å². The van der Waals surface area contributed by atoms with E-state index in [1.165, 1.54) is 0 Å². The number of hydrogen-bond donors (Lipinski definition) is 0. The van der Waals surface area contributed by atoms with Crippen LogP contribution in [0.15, 0.2) is 72.9 Å². The monoisotopic (exact) mass is 422 g/mol. The number of hydrogen-bond acceptors (Lipinski definition) is 6. The minimum Gasteiger partial charge on any atom is -0.497 e. The summed E-state index contributed by atoms with van der Waals surface area (Å²) in [7, 11) is 3.23. The number of carbonyl (C=O) groups is 1. The van der Waals surface area contributed by atoms with E-state index < -0.39 is 12.4 Å². The summed E-state index contributed by atoms with van der Waals surface area (Å²) in [6.45, 7) is 2.39. The van der Waals surface area contributed by atoms with Crippen molar-refractivity contribution in [1.29, 1.82) is 0 Å². The van der Waals surface area contributed by atoms with E-state index in [2.05, 4.69) is 4.98 Å². The highest BCUT2D eigenvalue weighted by molar-refractivity contribution is 5.68. The normalized spacial score (nSPS) is 11.3. The van der Waals surface area contributed by atoms with Crippen molar-refractivity contribution in [1.82, 2.24) is 9.88 Å². The molecule has 1 amide bonds. The first-order chi connectivity index (χ1) is 15.1. The molecule has 1 heterocycles. The summed E-state index contributed by atoms with van der Waals surface area (Å²) < 4.78 is 21.5. The number of methoxy groups -OCH3 is 2. The Morgan fingerprint density at radius 3 is 1.87 bits per heavy atom. The summed E-state index contributed by atoms with van der Waals surface area (Å²) in [6.07, 6.45) is 0.329. The predicted octanol–water partition coefficient (Wildman–Crippen LogP) is 4.66. The Kier molecular flexibility index (Phi) is 7.70. The number of aromatic nitrogens is 1. The molecule has 0 aliphatic rings. The van der Waals surface area contributed by atoms with Crippen LogP contribution in [0, 0.1) is 0 Å². The summed E-state index contributed by atoms with van der Waals surface area (Å²) >= 11 is 0. The van der Waals surface area contributed by atoms with Crippen molar-refractivity contribution in [2.75, 3.05) is 14.2 Å². The Balaban J connectivity index is 1.71. The molecule has 7 nitrogen and oxygen atoms in total. The van der Waals surface area contributed by atoms with Crippen LogP contribution in [0.1, 0.15) is 18.1 Å². The molecule has 162 valence electrons. The van der Waals surface area contributed by atoms with Crippen LogP contribution in [0.25, 0.3) is 0 Å². The van der Waals surface area contributed by atoms with Gasteiger partial charge in [-0.15, -0.1) is 0 Å².